The Kier molecular flexibility index (Phi) is 7.37. The molecule has 0 bridgehead atoms. The standard InChI is InChI=1S/C27H50O3/c1-16-13-28-24(18(3)17(16)2)11-27(10)15-30-25(20(5)22(27)7)12-26(9)14-29-23(8)19(4)21(26)6/h16-25H,11-15H2,1-10H3. The van der Waals surface area contributed by atoms with Crippen molar-refractivity contribution in [2.75, 3.05) is 19.8 Å². The SMILES string of the molecule is CC1COC(CC2(C)COC(CC3(C)COC(C)C(C)C3C)C(C)C2C)C(C)C1C. The molecule has 12 atom stereocenters. The topological polar surface area (TPSA) is 27.7 Å². The van der Waals surface area contributed by atoms with Crippen LogP contribution in [0, 0.1) is 52.3 Å². The lowest BCUT2D eigenvalue weighted by Crippen LogP contribution is -2.53. The molecule has 12 unspecified atom stereocenters. The summed E-state index contributed by atoms with van der Waals surface area (Å²) in [6.07, 6.45) is 3.28. The molecule has 0 aliphatic carbocycles. The molecule has 0 radical (unpaired) electrons. The summed E-state index contributed by atoms with van der Waals surface area (Å²) in [4.78, 5) is 0. The molecular formula is C27H50O3. The molecule has 3 nitrogen and oxygen atoms in total. The van der Waals surface area contributed by atoms with Crippen molar-refractivity contribution in [1.29, 1.82) is 0 Å². The van der Waals surface area contributed by atoms with Crippen LogP contribution in [0.3, 0.4) is 0 Å². The normalized spacial score (nSPS) is 55.4. The Morgan fingerprint density at radius 1 is 0.600 bits per heavy atom. The van der Waals surface area contributed by atoms with Gasteiger partial charge in [0.2, 0.25) is 0 Å². The fourth-order valence-electron chi connectivity index (χ4n) is 6.52. The lowest BCUT2D eigenvalue weighted by atomic mass is 9.61. The molecule has 3 heterocycles. The van der Waals surface area contributed by atoms with Crippen LogP contribution < -0.4 is 0 Å². The predicted octanol–water partition coefficient (Wildman–Crippen LogP) is 6.45. The van der Waals surface area contributed by atoms with Gasteiger partial charge < -0.3 is 14.2 Å². The molecule has 0 saturated carbocycles. The second-order valence-corrected chi connectivity index (χ2v) is 12.4. The Labute approximate surface area is 187 Å². The second kappa shape index (κ2) is 9.02. The highest BCUT2D eigenvalue weighted by atomic mass is 16.5. The third-order valence-electron chi connectivity index (χ3n) is 10.6. The maximum atomic E-state index is 6.67. The minimum Gasteiger partial charge on any atom is -0.378 e. The molecule has 0 amide bonds. The van der Waals surface area contributed by atoms with Gasteiger partial charge in [-0.2, -0.15) is 0 Å². The summed E-state index contributed by atoms with van der Waals surface area (Å²) < 4.78 is 19.2. The number of rotatable bonds is 4. The van der Waals surface area contributed by atoms with Gasteiger partial charge >= 0.3 is 0 Å². The molecule has 0 N–H and O–H groups in total. The molecule has 0 aromatic heterocycles. The minimum atomic E-state index is 0.187. The fraction of sp³-hybridized carbons (Fsp3) is 1.00. The van der Waals surface area contributed by atoms with Crippen LogP contribution in [0.4, 0.5) is 0 Å². The molecular weight excluding hydrogens is 372 g/mol. The van der Waals surface area contributed by atoms with Gasteiger partial charge in [-0.25, -0.2) is 0 Å². The third-order valence-corrected chi connectivity index (χ3v) is 10.6. The van der Waals surface area contributed by atoms with Gasteiger partial charge in [-0.15, -0.1) is 0 Å². The lowest BCUT2D eigenvalue weighted by Gasteiger charge is -2.53. The summed E-state index contributed by atoms with van der Waals surface area (Å²) in [7, 11) is 0. The zero-order chi connectivity index (χ0) is 22.4. The second-order valence-electron chi connectivity index (χ2n) is 12.4. The van der Waals surface area contributed by atoms with E-state index in [4.69, 9.17) is 14.2 Å². The van der Waals surface area contributed by atoms with Gasteiger partial charge in [0.1, 0.15) is 0 Å². The van der Waals surface area contributed by atoms with Crippen molar-refractivity contribution in [3.05, 3.63) is 0 Å². The van der Waals surface area contributed by atoms with Gasteiger partial charge in [0.05, 0.1) is 31.5 Å². The quantitative estimate of drug-likeness (QED) is 0.521. The van der Waals surface area contributed by atoms with E-state index in [1.165, 1.54) is 0 Å². The smallest absolute Gasteiger partial charge is 0.0609 e. The van der Waals surface area contributed by atoms with E-state index in [2.05, 4.69) is 69.2 Å². The first kappa shape index (κ1) is 24.5. The molecule has 3 aliphatic heterocycles. The minimum absolute atomic E-state index is 0.187. The maximum absolute atomic E-state index is 6.67. The van der Waals surface area contributed by atoms with E-state index >= 15 is 0 Å². The van der Waals surface area contributed by atoms with E-state index in [1.807, 2.05) is 0 Å². The summed E-state index contributed by atoms with van der Waals surface area (Å²) >= 11 is 0. The molecule has 0 spiro atoms. The molecule has 3 fully saturated rings. The van der Waals surface area contributed by atoms with Crippen LogP contribution in [0.25, 0.3) is 0 Å². The van der Waals surface area contributed by atoms with Crippen LogP contribution in [0.15, 0.2) is 0 Å². The fourth-order valence-corrected chi connectivity index (χ4v) is 6.52. The van der Waals surface area contributed by atoms with Crippen molar-refractivity contribution in [3.8, 4) is 0 Å². The van der Waals surface area contributed by atoms with Crippen molar-refractivity contribution < 1.29 is 14.2 Å². The zero-order valence-electron chi connectivity index (χ0n) is 21.5. The van der Waals surface area contributed by atoms with Crippen LogP contribution in [0.2, 0.25) is 0 Å². The Hall–Kier alpha value is -0.120. The van der Waals surface area contributed by atoms with E-state index in [1.54, 1.807) is 0 Å². The largest absolute Gasteiger partial charge is 0.378 e. The van der Waals surface area contributed by atoms with Crippen molar-refractivity contribution in [2.45, 2.75) is 100 Å². The maximum Gasteiger partial charge on any atom is 0.0609 e. The van der Waals surface area contributed by atoms with Gasteiger partial charge in [0.25, 0.3) is 0 Å². The summed E-state index contributed by atoms with van der Waals surface area (Å²) in [6.45, 7) is 26.5. The van der Waals surface area contributed by atoms with Crippen molar-refractivity contribution >= 4 is 0 Å². The van der Waals surface area contributed by atoms with Crippen molar-refractivity contribution in [2.24, 2.45) is 52.3 Å². The van der Waals surface area contributed by atoms with Crippen molar-refractivity contribution in [3.63, 3.8) is 0 Å². The molecule has 0 aromatic carbocycles. The molecule has 176 valence electrons. The lowest BCUT2D eigenvalue weighted by molar-refractivity contribution is -0.184. The van der Waals surface area contributed by atoms with Gasteiger partial charge in [0.15, 0.2) is 0 Å². The third kappa shape index (κ3) is 4.50. The zero-order valence-corrected chi connectivity index (χ0v) is 21.5. The van der Waals surface area contributed by atoms with Gasteiger partial charge in [-0.3, -0.25) is 0 Å². The number of hydrogen-bond donors (Lipinski definition) is 0. The molecule has 3 saturated heterocycles. The Morgan fingerprint density at radius 3 is 1.70 bits per heavy atom. The van der Waals surface area contributed by atoms with Gasteiger partial charge in [0, 0.05) is 6.61 Å². The van der Waals surface area contributed by atoms with E-state index < -0.39 is 0 Å². The first-order valence-corrected chi connectivity index (χ1v) is 12.7. The van der Waals surface area contributed by atoms with Crippen LogP contribution in [-0.2, 0) is 14.2 Å². The first-order chi connectivity index (χ1) is 13.9. The van der Waals surface area contributed by atoms with E-state index in [0.29, 0.717) is 53.8 Å². The van der Waals surface area contributed by atoms with Crippen molar-refractivity contribution in [1.82, 2.24) is 0 Å². The summed E-state index contributed by atoms with van der Waals surface area (Å²) in [5.74, 6) is 4.44. The van der Waals surface area contributed by atoms with Crippen LogP contribution in [-0.4, -0.2) is 38.1 Å². The van der Waals surface area contributed by atoms with E-state index in [9.17, 15) is 0 Å². The predicted molar refractivity (Wildman–Crippen MR) is 124 cm³/mol. The van der Waals surface area contributed by atoms with Crippen LogP contribution in [0.1, 0.15) is 82.1 Å². The number of hydrogen-bond acceptors (Lipinski definition) is 3. The van der Waals surface area contributed by atoms with Gasteiger partial charge in [-0.05, 0) is 72.0 Å². The van der Waals surface area contributed by atoms with Crippen LogP contribution in [0.5, 0.6) is 0 Å². The highest BCUT2D eigenvalue weighted by Crippen LogP contribution is 2.50. The highest BCUT2D eigenvalue weighted by molar-refractivity contribution is 4.98. The molecule has 30 heavy (non-hydrogen) atoms. The summed E-state index contributed by atoms with van der Waals surface area (Å²) in [5, 5.41) is 0. The summed E-state index contributed by atoms with van der Waals surface area (Å²) in [6, 6.07) is 0. The highest BCUT2D eigenvalue weighted by Gasteiger charge is 2.49. The van der Waals surface area contributed by atoms with E-state index in [-0.39, 0.29) is 10.8 Å². The van der Waals surface area contributed by atoms with Crippen LogP contribution >= 0.6 is 0 Å². The van der Waals surface area contributed by atoms with E-state index in [0.717, 1.165) is 38.6 Å². The Morgan fingerprint density at radius 2 is 1.10 bits per heavy atom. The number of ether oxygens (including phenoxy) is 3. The Bertz CT molecular complexity index is 578. The first-order valence-electron chi connectivity index (χ1n) is 12.7. The average molecular weight is 423 g/mol. The Balaban J connectivity index is 1.65. The molecule has 3 aliphatic rings. The molecule has 3 heteroatoms. The monoisotopic (exact) mass is 422 g/mol. The molecule has 3 rings (SSSR count). The summed E-state index contributed by atoms with van der Waals surface area (Å²) in [5.41, 5.74) is 0.386. The molecule has 0 aromatic rings. The average Bonchev–Trinajstić information content (AvgIpc) is 2.71. The van der Waals surface area contributed by atoms with Gasteiger partial charge in [-0.1, -0.05) is 62.3 Å².